The van der Waals surface area contributed by atoms with E-state index in [-0.39, 0.29) is 34.9 Å². The summed E-state index contributed by atoms with van der Waals surface area (Å²) in [6.07, 6.45) is 6.78. The molecule has 1 aliphatic carbocycles. The number of phenols is 2. The molecule has 1 saturated heterocycles. The molecule has 1 aromatic heterocycles. The number of nitrogens with one attached hydrogen (secondary N) is 1. The minimum Gasteiger partial charge on any atom is -0.507 e. The van der Waals surface area contributed by atoms with Crippen LogP contribution in [0, 0.1) is 6.92 Å². The highest BCUT2D eigenvalue weighted by Crippen LogP contribution is 2.44. The average molecular weight is 538 g/mol. The van der Waals surface area contributed by atoms with Gasteiger partial charge in [-0.25, -0.2) is 0 Å². The molecule has 3 N–H and O–H groups in total. The lowest BCUT2D eigenvalue weighted by molar-refractivity contribution is 0.0908. The first-order valence-corrected chi connectivity index (χ1v) is 14.2. The molecule has 7 heteroatoms. The van der Waals surface area contributed by atoms with Crippen LogP contribution in [0.4, 0.5) is 0 Å². The van der Waals surface area contributed by atoms with E-state index in [9.17, 15) is 15.0 Å². The molecule has 0 radical (unpaired) electrons. The number of carbonyl (C=O) groups is 1. The standard InChI is InChI=1S/C33H35N3O4/c1-21-8-12-23(13-9-21)26-18-27(29(38)19-28(26)37)32-30(31(35-40-32)33(39)34-25-6-5-7-25)24-14-10-22(11-15-24)20-36-16-3-2-4-17-36/h8-15,18-19,25,37-38H,2-7,16-17,20H2,1H3,(H,34,39). The Bertz CT molecular complexity index is 1500. The second-order valence-electron chi connectivity index (χ2n) is 11.1. The summed E-state index contributed by atoms with van der Waals surface area (Å²) >= 11 is 0. The zero-order valence-electron chi connectivity index (χ0n) is 22.8. The van der Waals surface area contributed by atoms with E-state index < -0.39 is 0 Å². The monoisotopic (exact) mass is 537 g/mol. The molecule has 2 aliphatic rings. The topological polar surface area (TPSA) is 98.8 Å². The Hall–Kier alpha value is -4.10. The van der Waals surface area contributed by atoms with Gasteiger partial charge in [-0.3, -0.25) is 9.69 Å². The molecule has 3 aromatic carbocycles. The number of amides is 1. The van der Waals surface area contributed by atoms with Gasteiger partial charge in [0.2, 0.25) is 0 Å². The van der Waals surface area contributed by atoms with E-state index in [1.54, 1.807) is 6.07 Å². The lowest BCUT2D eigenvalue weighted by Crippen LogP contribution is -2.39. The zero-order chi connectivity index (χ0) is 27.6. The molecule has 1 amide bonds. The smallest absolute Gasteiger partial charge is 0.274 e. The maximum Gasteiger partial charge on any atom is 0.274 e. The van der Waals surface area contributed by atoms with Crippen molar-refractivity contribution in [3.05, 3.63) is 77.5 Å². The number of rotatable bonds is 7. The molecule has 206 valence electrons. The maximum absolute atomic E-state index is 13.3. The lowest BCUT2D eigenvalue weighted by atomic mass is 9.92. The fourth-order valence-corrected chi connectivity index (χ4v) is 5.58. The number of likely N-dealkylation sites (tertiary alicyclic amines) is 1. The van der Waals surface area contributed by atoms with Crippen LogP contribution in [0.3, 0.4) is 0 Å². The highest BCUT2D eigenvalue weighted by atomic mass is 16.5. The van der Waals surface area contributed by atoms with Crippen LogP contribution in [0.15, 0.2) is 65.2 Å². The Balaban J connectivity index is 1.40. The number of hydrogen-bond acceptors (Lipinski definition) is 6. The molecule has 0 bridgehead atoms. The molecule has 1 aliphatic heterocycles. The average Bonchev–Trinajstić information content (AvgIpc) is 3.37. The molecule has 40 heavy (non-hydrogen) atoms. The van der Waals surface area contributed by atoms with Gasteiger partial charge in [0, 0.05) is 24.2 Å². The van der Waals surface area contributed by atoms with E-state index in [2.05, 4.69) is 27.5 Å². The zero-order valence-corrected chi connectivity index (χ0v) is 22.8. The third-order valence-corrected chi connectivity index (χ3v) is 8.17. The molecule has 2 heterocycles. The van der Waals surface area contributed by atoms with E-state index in [1.165, 1.54) is 30.9 Å². The van der Waals surface area contributed by atoms with Crippen LogP contribution < -0.4 is 5.32 Å². The fourth-order valence-electron chi connectivity index (χ4n) is 5.58. The van der Waals surface area contributed by atoms with Gasteiger partial charge in [0.05, 0.1) is 11.1 Å². The van der Waals surface area contributed by atoms with E-state index in [1.807, 2.05) is 43.3 Å². The Kier molecular flexibility index (Phi) is 7.30. The SMILES string of the molecule is Cc1ccc(-c2cc(-c3onc(C(=O)NC4CCC4)c3-c3ccc(CN4CCCCC4)cc3)c(O)cc2O)cc1. The van der Waals surface area contributed by atoms with Gasteiger partial charge in [0.15, 0.2) is 11.5 Å². The molecule has 2 fully saturated rings. The van der Waals surface area contributed by atoms with Crippen LogP contribution in [-0.2, 0) is 6.54 Å². The van der Waals surface area contributed by atoms with Crippen molar-refractivity contribution in [1.29, 1.82) is 0 Å². The first-order chi connectivity index (χ1) is 19.5. The summed E-state index contributed by atoms with van der Waals surface area (Å²) in [5.74, 6) is -0.202. The van der Waals surface area contributed by atoms with Crippen LogP contribution in [0.1, 0.15) is 60.1 Å². The number of benzene rings is 3. The summed E-state index contributed by atoms with van der Waals surface area (Å²) in [4.78, 5) is 15.8. The molecular weight excluding hydrogens is 502 g/mol. The van der Waals surface area contributed by atoms with Gasteiger partial charge in [0.1, 0.15) is 11.5 Å². The molecule has 1 saturated carbocycles. The predicted octanol–water partition coefficient (Wildman–Crippen LogP) is 6.66. The van der Waals surface area contributed by atoms with Crippen molar-refractivity contribution in [2.45, 2.75) is 58.0 Å². The highest BCUT2D eigenvalue weighted by molar-refractivity contribution is 6.03. The lowest BCUT2D eigenvalue weighted by Gasteiger charge is -2.26. The molecule has 6 rings (SSSR count). The second kappa shape index (κ2) is 11.2. The summed E-state index contributed by atoms with van der Waals surface area (Å²) in [5, 5.41) is 28.9. The van der Waals surface area contributed by atoms with Gasteiger partial charge in [-0.2, -0.15) is 0 Å². The highest BCUT2D eigenvalue weighted by Gasteiger charge is 2.29. The number of aromatic nitrogens is 1. The van der Waals surface area contributed by atoms with E-state index in [0.29, 0.717) is 16.7 Å². The third-order valence-electron chi connectivity index (χ3n) is 8.17. The van der Waals surface area contributed by atoms with Crippen molar-refractivity contribution in [1.82, 2.24) is 15.4 Å². The van der Waals surface area contributed by atoms with Crippen LogP contribution in [0.25, 0.3) is 33.6 Å². The van der Waals surface area contributed by atoms with E-state index in [0.717, 1.165) is 55.6 Å². The van der Waals surface area contributed by atoms with Crippen molar-refractivity contribution >= 4 is 5.91 Å². The van der Waals surface area contributed by atoms with Crippen molar-refractivity contribution in [2.24, 2.45) is 0 Å². The van der Waals surface area contributed by atoms with E-state index >= 15 is 0 Å². The first-order valence-electron chi connectivity index (χ1n) is 14.2. The summed E-state index contributed by atoms with van der Waals surface area (Å²) in [6, 6.07) is 19.1. The Morgan fingerprint density at radius 2 is 1.57 bits per heavy atom. The Labute approximate surface area is 234 Å². The van der Waals surface area contributed by atoms with Crippen LogP contribution in [-0.4, -0.2) is 45.3 Å². The van der Waals surface area contributed by atoms with Crippen LogP contribution in [0.5, 0.6) is 11.5 Å². The summed E-state index contributed by atoms with van der Waals surface area (Å²) in [5.41, 5.74) is 5.51. The van der Waals surface area contributed by atoms with Crippen molar-refractivity contribution in [3.63, 3.8) is 0 Å². The largest absolute Gasteiger partial charge is 0.507 e. The van der Waals surface area contributed by atoms with Crippen molar-refractivity contribution in [3.8, 4) is 45.1 Å². The van der Waals surface area contributed by atoms with Gasteiger partial charge in [0.25, 0.3) is 5.91 Å². The minimum absolute atomic E-state index is 0.0452. The number of phenolic OH excluding ortho intramolecular Hbond substituents is 2. The van der Waals surface area contributed by atoms with Gasteiger partial charge in [-0.1, -0.05) is 65.7 Å². The number of aromatic hydroxyl groups is 2. The number of nitrogens with zero attached hydrogens (tertiary/aromatic N) is 2. The Morgan fingerprint density at radius 3 is 2.25 bits per heavy atom. The first kappa shape index (κ1) is 26.1. The predicted molar refractivity (Wildman–Crippen MR) is 155 cm³/mol. The second-order valence-corrected chi connectivity index (χ2v) is 11.1. The fraction of sp³-hybridized carbons (Fsp3) is 0.333. The van der Waals surface area contributed by atoms with Gasteiger partial charge >= 0.3 is 0 Å². The normalized spacial score (nSPS) is 16.0. The quantitative estimate of drug-likeness (QED) is 0.244. The molecule has 7 nitrogen and oxygen atoms in total. The Morgan fingerprint density at radius 1 is 0.900 bits per heavy atom. The van der Waals surface area contributed by atoms with E-state index in [4.69, 9.17) is 4.52 Å². The van der Waals surface area contributed by atoms with Crippen molar-refractivity contribution < 1.29 is 19.5 Å². The number of carbonyl (C=O) groups excluding carboxylic acids is 1. The summed E-state index contributed by atoms with van der Waals surface area (Å²) < 4.78 is 5.81. The van der Waals surface area contributed by atoms with Crippen molar-refractivity contribution in [2.75, 3.05) is 13.1 Å². The number of hydrogen-bond donors (Lipinski definition) is 3. The van der Waals surface area contributed by atoms with Crippen LogP contribution in [0.2, 0.25) is 0 Å². The third kappa shape index (κ3) is 5.34. The van der Waals surface area contributed by atoms with Gasteiger partial charge < -0.3 is 20.1 Å². The molecular formula is C33H35N3O4. The maximum atomic E-state index is 13.3. The van der Waals surface area contributed by atoms with Gasteiger partial charge in [-0.05, 0) is 74.9 Å². The minimum atomic E-state index is -0.288. The molecule has 0 unspecified atom stereocenters. The number of aryl methyl sites for hydroxylation is 1. The summed E-state index contributed by atoms with van der Waals surface area (Å²) in [7, 11) is 0. The summed E-state index contributed by atoms with van der Waals surface area (Å²) in [6.45, 7) is 5.13. The molecule has 0 atom stereocenters. The molecule has 4 aromatic rings. The molecule has 0 spiro atoms. The van der Waals surface area contributed by atoms with Crippen LogP contribution >= 0.6 is 0 Å². The van der Waals surface area contributed by atoms with Gasteiger partial charge in [-0.15, -0.1) is 0 Å². The number of piperidine rings is 1.